The van der Waals surface area contributed by atoms with Crippen LogP contribution in [0.2, 0.25) is 0 Å². The van der Waals surface area contributed by atoms with Crippen LogP contribution in [0.15, 0.2) is 16.8 Å². The van der Waals surface area contributed by atoms with Gasteiger partial charge in [-0.15, -0.1) is 10.2 Å². The van der Waals surface area contributed by atoms with Gasteiger partial charge < -0.3 is 9.73 Å². The van der Waals surface area contributed by atoms with Crippen LogP contribution in [-0.2, 0) is 6.42 Å². The molecule has 6 nitrogen and oxygen atoms in total. The van der Waals surface area contributed by atoms with Crippen LogP contribution in [0.5, 0.6) is 0 Å². The highest BCUT2D eigenvalue weighted by Gasteiger charge is 2.10. The zero-order valence-corrected chi connectivity index (χ0v) is 11.0. The number of hydrogen-bond acceptors (Lipinski definition) is 5. The molecule has 0 saturated carbocycles. The fourth-order valence-corrected chi connectivity index (χ4v) is 1.54. The number of aromatic nitrogens is 4. The number of H-pyrrole nitrogens is 1. The van der Waals surface area contributed by atoms with Crippen molar-refractivity contribution in [2.45, 2.75) is 39.2 Å². The monoisotopic (exact) mass is 249 g/mol. The lowest BCUT2D eigenvalue weighted by Crippen LogP contribution is -2.36. The van der Waals surface area contributed by atoms with Crippen molar-refractivity contribution >= 4 is 0 Å². The molecule has 18 heavy (non-hydrogen) atoms. The predicted octanol–water partition coefficient (Wildman–Crippen LogP) is 1.78. The molecule has 0 spiro atoms. The van der Waals surface area contributed by atoms with E-state index in [0.717, 1.165) is 24.9 Å². The molecular formula is C12H19N5O. The second-order valence-electron chi connectivity index (χ2n) is 5.27. The van der Waals surface area contributed by atoms with E-state index in [4.69, 9.17) is 4.42 Å². The Morgan fingerprint density at radius 3 is 2.83 bits per heavy atom. The molecule has 2 aromatic heterocycles. The molecule has 98 valence electrons. The van der Waals surface area contributed by atoms with E-state index < -0.39 is 0 Å². The van der Waals surface area contributed by atoms with E-state index >= 15 is 0 Å². The molecule has 0 unspecified atom stereocenters. The Balaban J connectivity index is 1.81. The normalized spacial score (nSPS) is 11.9. The minimum atomic E-state index is 0.150. The van der Waals surface area contributed by atoms with Gasteiger partial charge in [-0.2, -0.15) is 5.10 Å². The van der Waals surface area contributed by atoms with Crippen LogP contribution in [0.3, 0.4) is 0 Å². The van der Waals surface area contributed by atoms with Crippen LogP contribution in [0.25, 0.3) is 11.5 Å². The second-order valence-corrected chi connectivity index (χ2v) is 5.27. The Morgan fingerprint density at radius 1 is 1.33 bits per heavy atom. The maximum absolute atomic E-state index is 5.55. The largest absolute Gasteiger partial charge is 0.421 e. The molecule has 0 amide bonds. The van der Waals surface area contributed by atoms with Gasteiger partial charge in [-0.05, 0) is 33.7 Å². The van der Waals surface area contributed by atoms with E-state index in [1.807, 2.05) is 0 Å². The summed E-state index contributed by atoms with van der Waals surface area (Å²) < 4.78 is 5.55. The standard InChI is InChI=1S/C12H19N5O/c1-12(2,3)13-6-4-5-10-16-17-11(18-10)9-7-14-15-8-9/h7-8,13H,4-6H2,1-3H3,(H,14,15). The first-order valence-electron chi connectivity index (χ1n) is 6.11. The first kappa shape index (κ1) is 12.8. The maximum Gasteiger partial charge on any atom is 0.250 e. The van der Waals surface area contributed by atoms with Crippen LogP contribution in [-0.4, -0.2) is 32.5 Å². The van der Waals surface area contributed by atoms with Crippen LogP contribution in [0, 0.1) is 0 Å². The summed E-state index contributed by atoms with van der Waals surface area (Å²) in [4.78, 5) is 0. The van der Waals surface area contributed by atoms with E-state index in [1.165, 1.54) is 0 Å². The molecule has 0 aromatic carbocycles. The molecule has 2 heterocycles. The van der Waals surface area contributed by atoms with E-state index in [-0.39, 0.29) is 5.54 Å². The number of aromatic amines is 1. The smallest absolute Gasteiger partial charge is 0.250 e. The topological polar surface area (TPSA) is 79.6 Å². The van der Waals surface area contributed by atoms with Crippen molar-refractivity contribution in [1.29, 1.82) is 0 Å². The van der Waals surface area contributed by atoms with Gasteiger partial charge in [0, 0.05) is 18.2 Å². The average Bonchev–Trinajstić information content (AvgIpc) is 2.93. The van der Waals surface area contributed by atoms with Crippen LogP contribution < -0.4 is 5.32 Å². The highest BCUT2D eigenvalue weighted by atomic mass is 16.4. The summed E-state index contributed by atoms with van der Waals surface area (Å²) in [6.07, 6.45) is 5.16. The summed E-state index contributed by atoms with van der Waals surface area (Å²) in [5.41, 5.74) is 0.970. The maximum atomic E-state index is 5.55. The first-order chi connectivity index (χ1) is 8.54. The van der Waals surface area contributed by atoms with Crippen molar-refractivity contribution in [1.82, 2.24) is 25.7 Å². The molecule has 2 N–H and O–H groups in total. The molecule has 0 saturated heterocycles. The summed E-state index contributed by atoms with van der Waals surface area (Å²) in [5, 5.41) is 18.0. The van der Waals surface area contributed by atoms with Crippen molar-refractivity contribution in [3.63, 3.8) is 0 Å². The van der Waals surface area contributed by atoms with Crippen LogP contribution in [0.4, 0.5) is 0 Å². The minimum absolute atomic E-state index is 0.150. The van der Waals surface area contributed by atoms with Crippen molar-refractivity contribution in [2.24, 2.45) is 0 Å². The van der Waals surface area contributed by atoms with Gasteiger partial charge in [0.25, 0.3) is 5.89 Å². The molecule has 0 aliphatic rings. The number of nitrogens with one attached hydrogen (secondary N) is 2. The number of hydrogen-bond donors (Lipinski definition) is 2. The number of aryl methyl sites for hydroxylation is 1. The van der Waals surface area contributed by atoms with Crippen LogP contribution >= 0.6 is 0 Å². The van der Waals surface area contributed by atoms with Gasteiger partial charge in [0.05, 0.1) is 11.8 Å². The molecule has 6 heteroatoms. The van der Waals surface area contributed by atoms with Gasteiger partial charge in [-0.1, -0.05) is 0 Å². The van der Waals surface area contributed by atoms with Gasteiger partial charge in [0.1, 0.15) is 0 Å². The lowest BCUT2D eigenvalue weighted by Gasteiger charge is -2.19. The van der Waals surface area contributed by atoms with Crippen molar-refractivity contribution in [3.05, 3.63) is 18.3 Å². The zero-order valence-electron chi connectivity index (χ0n) is 11.0. The molecule has 2 rings (SSSR count). The molecule has 0 atom stereocenters. The lowest BCUT2D eigenvalue weighted by atomic mass is 10.1. The third-order valence-electron chi connectivity index (χ3n) is 2.43. The average molecular weight is 249 g/mol. The van der Waals surface area contributed by atoms with Gasteiger partial charge in [-0.25, -0.2) is 0 Å². The Hall–Kier alpha value is -1.69. The number of nitrogens with zero attached hydrogens (tertiary/aromatic N) is 3. The fourth-order valence-electron chi connectivity index (χ4n) is 1.54. The van der Waals surface area contributed by atoms with E-state index in [2.05, 4.69) is 46.5 Å². The lowest BCUT2D eigenvalue weighted by molar-refractivity contribution is 0.412. The zero-order chi connectivity index (χ0) is 13.0. The van der Waals surface area contributed by atoms with E-state index in [0.29, 0.717) is 11.8 Å². The Bertz CT molecular complexity index is 469. The molecule has 2 aromatic rings. The molecule has 0 radical (unpaired) electrons. The Kier molecular flexibility index (Phi) is 3.76. The summed E-state index contributed by atoms with van der Waals surface area (Å²) in [6, 6.07) is 0. The second kappa shape index (κ2) is 5.30. The van der Waals surface area contributed by atoms with Gasteiger partial charge in [-0.3, -0.25) is 5.10 Å². The SMILES string of the molecule is CC(C)(C)NCCCc1nnc(-c2cn[nH]c2)o1. The van der Waals surface area contributed by atoms with Gasteiger partial charge >= 0.3 is 0 Å². The first-order valence-corrected chi connectivity index (χ1v) is 6.11. The third-order valence-corrected chi connectivity index (χ3v) is 2.43. The van der Waals surface area contributed by atoms with Crippen molar-refractivity contribution in [3.8, 4) is 11.5 Å². The van der Waals surface area contributed by atoms with Gasteiger partial charge in [0.2, 0.25) is 5.89 Å². The molecule has 0 aliphatic carbocycles. The van der Waals surface area contributed by atoms with E-state index in [9.17, 15) is 0 Å². The Labute approximate surface area is 106 Å². The summed E-state index contributed by atoms with van der Waals surface area (Å²) >= 11 is 0. The van der Waals surface area contributed by atoms with Gasteiger partial charge in [0.15, 0.2) is 0 Å². The summed E-state index contributed by atoms with van der Waals surface area (Å²) in [7, 11) is 0. The molecule has 0 bridgehead atoms. The number of rotatable bonds is 5. The minimum Gasteiger partial charge on any atom is -0.421 e. The molecule has 0 fully saturated rings. The molecular weight excluding hydrogens is 230 g/mol. The van der Waals surface area contributed by atoms with E-state index in [1.54, 1.807) is 12.4 Å². The summed E-state index contributed by atoms with van der Waals surface area (Å²) in [5.74, 6) is 1.18. The predicted molar refractivity (Wildman–Crippen MR) is 68.0 cm³/mol. The third kappa shape index (κ3) is 3.66. The highest BCUT2D eigenvalue weighted by Crippen LogP contribution is 2.15. The Morgan fingerprint density at radius 2 is 2.17 bits per heavy atom. The molecule has 0 aliphatic heterocycles. The fraction of sp³-hybridized carbons (Fsp3) is 0.583. The van der Waals surface area contributed by atoms with Crippen molar-refractivity contribution in [2.75, 3.05) is 6.54 Å². The summed E-state index contributed by atoms with van der Waals surface area (Å²) in [6.45, 7) is 7.39. The van der Waals surface area contributed by atoms with Crippen molar-refractivity contribution < 1.29 is 4.42 Å². The van der Waals surface area contributed by atoms with Crippen LogP contribution in [0.1, 0.15) is 33.1 Å². The highest BCUT2D eigenvalue weighted by molar-refractivity contribution is 5.48. The quantitative estimate of drug-likeness (QED) is 0.790.